The van der Waals surface area contributed by atoms with Gasteiger partial charge in [0, 0.05) is 23.7 Å². The van der Waals surface area contributed by atoms with Gasteiger partial charge in [0.2, 0.25) is 0 Å². The molecule has 2 aromatic carbocycles. The van der Waals surface area contributed by atoms with Gasteiger partial charge in [-0.25, -0.2) is 0 Å². The molecule has 0 heterocycles. The van der Waals surface area contributed by atoms with Crippen LogP contribution in [0.2, 0.25) is 0 Å². The Morgan fingerprint density at radius 1 is 0.735 bits per heavy atom. The number of benzene rings is 2. The Morgan fingerprint density at radius 3 is 1.82 bits per heavy atom. The van der Waals surface area contributed by atoms with E-state index in [0.29, 0.717) is 50.4 Å². The molecule has 0 radical (unpaired) electrons. The van der Waals surface area contributed by atoms with Crippen molar-refractivity contribution in [3.8, 4) is 28.7 Å². The molecule has 0 saturated heterocycles. The van der Waals surface area contributed by atoms with Gasteiger partial charge in [0.25, 0.3) is 0 Å². The van der Waals surface area contributed by atoms with Crippen LogP contribution in [0.25, 0.3) is 0 Å². The van der Waals surface area contributed by atoms with Crippen molar-refractivity contribution in [1.82, 2.24) is 0 Å². The monoisotopic (exact) mass is 482 g/mol. The summed E-state index contributed by atoms with van der Waals surface area (Å²) in [5, 5.41) is 0.775. The van der Waals surface area contributed by atoms with Crippen LogP contribution < -0.4 is 47.8 Å². The zero-order valence-electron chi connectivity index (χ0n) is 21.4. The molecular formula is C26H36LiO6P. The number of hydrogen-bond donors (Lipinski definition) is 0. The number of methoxy groups -OCH3 is 3. The maximum absolute atomic E-state index is 13.3. The van der Waals surface area contributed by atoms with Gasteiger partial charge < -0.3 is 37.1 Å². The van der Waals surface area contributed by atoms with Crippen LogP contribution in [0.5, 0.6) is 28.7 Å². The first-order valence-electron chi connectivity index (χ1n) is 11.5. The normalized spacial score (nSPS) is 10.6. The Morgan fingerprint density at radius 2 is 1.29 bits per heavy atom. The molecule has 182 valence electrons. The summed E-state index contributed by atoms with van der Waals surface area (Å²) in [6.07, 6.45) is 6.47. The first kappa shape index (κ1) is 30.2. The van der Waals surface area contributed by atoms with Gasteiger partial charge in [-0.2, -0.15) is 5.30 Å². The largest absolute Gasteiger partial charge is 1.00 e. The van der Waals surface area contributed by atoms with Crippen LogP contribution in [0.1, 0.15) is 62.7 Å². The number of carbonyl (C=O) groups is 1. The smallest absolute Gasteiger partial charge is 0.496 e. The Kier molecular flexibility index (Phi) is 14.8. The molecule has 0 aliphatic rings. The minimum atomic E-state index is -0.152. The second kappa shape index (κ2) is 16.7. The fourth-order valence-corrected chi connectivity index (χ4v) is 4.19. The van der Waals surface area contributed by atoms with Gasteiger partial charge in [-0.1, -0.05) is 45.6 Å². The standard InChI is InChI=1S/C26H36O6P.Li/c1-6-8-10-14-31-19-12-13-24(21(16-19)32-15-11-9-7-2)33-26(27)25-22(29-4)17-20(28-3)18-23(25)30-5;/h12-13,16-18H,6-11,14-15H2,1-5H3;/q-1;+1. The molecule has 2 aromatic rings. The zero-order chi connectivity index (χ0) is 24.1. The van der Waals surface area contributed by atoms with Crippen molar-refractivity contribution in [1.29, 1.82) is 0 Å². The van der Waals surface area contributed by atoms with E-state index in [4.69, 9.17) is 23.7 Å². The van der Waals surface area contributed by atoms with E-state index in [1.54, 1.807) is 19.2 Å². The van der Waals surface area contributed by atoms with E-state index in [2.05, 4.69) is 13.8 Å². The summed E-state index contributed by atoms with van der Waals surface area (Å²) in [5.41, 5.74) is 0.223. The predicted octanol–water partition coefficient (Wildman–Crippen LogP) is 3.27. The zero-order valence-corrected chi connectivity index (χ0v) is 22.3. The van der Waals surface area contributed by atoms with Gasteiger partial charge in [0.15, 0.2) is 0 Å². The molecule has 0 saturated carbocycles. The molecule has 2 rings (SSSR count). The summed E-state index contributed by atoms with van der Waals surface area (Å²) >= 11 is 0. The Hall–Kier alpha value is -1.86. The van der Waals surface area contributed by atoms with Crippen molar-refractivity contribution in [2.75, 3.05) is 34.5 Å². The van der Waals surface area contributed by atoms with E-state index in [-0.39, 0.29) is 24.4 Å². The van der Waals surface area contributed by atoms with Crippen molar-refractivity contribution in [3.63, 3.8) is 0 Å². The molecule has 6 nitrogen and oxygen atoms in total. The summed E-state index contributed by atoms with van der Waals surface area (Å²) in [5.74, 6) is 2.79. The third-order valence-electron chi connectivity index (χ3n) is 5.10. The van der Waals surface area contributed by atoms with Gasteiger partial charge in [0.1, 0.15) is 23.0 Å². The van der Waals surface area contributed by atoms with Crippen LogP contribution in [0, 0.1) is 0 Å². The summed E-state index contributed by atoms with van der Waals surface area (Å²) in [4.78, 5) is 13.3. The van der Waals surface area contributed by atoms with E-state index in [9.17, 15) is 4.79 Å². The van der Waals surface area contributed by atoms with Crippen molar-refractivity contribution < 1.29 is 47.3 Å². The molecule has 34 heavy (non-hydrogen) atoms. The van der Waals surface area contributed by atoms with Crippen molar-refractivity contribution >= 4 is 19.4 Å². The molecule has 0 fully saturated rings. The summed E-state index contributed by atoms with van der Waals surface area (Å²) in [6, 6.07) is 9.03. The Balaban J connectivity index is 0.00000578. The number of rotatable bonds is 16. The molecule has 0 bridgehead atoms. The molecule has 0 spiro atoms. The van der Waals surface area contributed by atoms with Crippen LogP contribution in [-0.4, -0.2) is 40.1 Å². The fraction of sp³-hybridized carbons (Fsp3) is 0.500. The topological polar surface area (TPSA) is 63.2 Å². The molecule has 0 aliphatic carbocycles. The molecular weight excluding hydrogens is 446 g/mol. The summed E-state index contributed by atoms with van der Waals surface area (Å²) < 4.78 is 28.2. The average Bonchev–Trinajstić information content (AvgIpc) is 2.84. The molecule has 0 aliphatic heterocycles. The average molecular weight is 482 g/mol. The van der Waals surface area contributed by atoms with Crippen LogP contribution >= 0.6 is 8.58 Å². The second-order valence-corrected chi connectivity index (χ2v) is 8.68. The van der Waals surface area contributed by atoms with Gasteiger partial charge in [0.05, 0.1) is 45.9 Å². The van der Waals surface area contributed by atoms with E-state index in [0.717, 1.165) is 49.6 Å². The maximum Gasteiger partial charge on any atom is 1.00 e. The number of ether oxygens (including phenoxy) is 5. The van der Waals surface area contributed by atoms with Gasteiger partial charge >= 0.3 is 18.9 Å². The van der Waals surface area contributed by atoms with Crippen LogP contribution in [-0.2, 0) is 0 Å². The summed E-state index contributed by atoms with van der Waals surface area (Å²) in [7, 11) is 5.06. The van der Waals surface area contributed by atoms with Gasteiger partial charge in [-0.3, -0.25) is 0 Å². The second-order valence-electron chi connectivity index (χ2n) is 7.56. The molecule has 0 unspecified atom stereocenters. The minimum Gasteiger partial charge on any atom is -0.496 e. The number of carbonyl (C=O) groups excluding carboxylic acids is 1. The first-order chi connectivity index (χ1) is 16.1. The fourth-order valence-electron chi connectivity index (χ4n) is 3.25. The summed E-state index contributed by atoms with van der Waals surface area (Å²) in [6.45, 7) is 5.58. The van der Waals surface area contributed by atoms with Gasteiger partial charge in [-0.15, -0.1) is 0 Å². The molecule has 0 N–H and O–H groups in total. The van der Waals surface area contributed by atoms with E-state index in [1.165, 1.54) is 14.2 Å². The van der Waals surface area contributed by atoms with E-state index < -0.39 is 0 Å². The van der Waals surface area contributed by atoms with Crippen LogP contribution in [0.4, 0.5) is 0 Å². The van der Waals surface area contributed by atoms with Crippen LogP contribution in [0.3, 0.4) is 0 Å². The van der Waals surface area contributed by atoms with Gasteiger partial charge in [-0.05, 0) is 18.9 Å². The molecule has 0 amide bonds. The van der Waals surface area contributed by atoms with Crippen molar-refractivity contribution in [3.05, 3.63) is 35.9 Å². The van der Waals surface area contributed by atoms with Crippen LogP contribution in [0.15, 0.2) is 30.3 Å². The van der Waals surface area contributed by atoms with E-state index in [1.807, 2.05) is 18.2 Å². The molecule has 0 aromatic heterocycles. The quantitative estimate of drug-likeness (QED) is 0.208. The Bertz CT molecular complexity index is 865. The Labute approximate surface area is 218 Å². The molecule has 8 heteroatoms. The third kappa shape index (κ3) is 9.06. The van der Waals surface area contributed by atoms with Crippen molar-refractivity contribution in [2.45, 2.75) is 52.4 Å². The minimum absolute atomic E-state index is 0. The third-order valence-corrected chi connectivity index (χ3v) is 6.14. The predicted molar refractivity (Wildman–Crippen MR) is 133 cm³/mol. The number of unbranched alkanes of at least 4 members (excludes halogenated alkanes) is 4. The SMILES string of the molecule is CCCCCOc1ccc([P-]C(=O)c2c(OC)cc(OC)cc2OC)c(OCCCCC)c1.[Li+]. The first-order valence-corrected chi connectivity index (χ1v) is 12.4. The number of hydrogen-bond acceptors (Lipinski definition) is 6. The van der Waals surface area contributed by atoms with E-state index >= 15 is 0 Å². The van der Waals surface area contributed by atoms with Crippen molar-refractivity contribution in [2.24, 2.45) is 0 Å². The molecule has 0 atom stereocenters. The maximum atomic E-state index is 13.3.